The highest BCUT2D eigenvalue weighted by Crippen LogP contribution is 2.34. The van der Waals surface area contributed by atoms with Crippen molar-refractivity contribution in [1.29, 1.82) is 0 Å². The molecule has 0 fully saturated rings. The highest BCUT2D eigenvalue weighted by atomic mass is 32.1. The predicted octanol–water partition coefficient (Wildman–Crippen LogP) is 3.82. The van der Waals surface area contributed by atoms with Gasteiger partial charge in [0, 0.05) is 9.75 Å². The van der Waals surface area contributed by atoms with E-state index >= 15 is 0 Å². The lowest BCUT2D eigenvalue weighted by atomic mass is 10.1. The summed E-state index contributed by atoms with van der Waals surface area (Å²) in [6, 6.07) is 0. The quantitative estimate of drug-likeness (QED) is 0.597. The van der Waals surface area contributed by atoms with Crippen LogP contribution in [0.15, 0.2) is 11.1 Å². The van der Waals surface area contributed by atoms with Gasteiger partial charge in [-0.25, -0.2) is 9.78 Å². The van der Waals surface area contributed by atoms with Gasteiger partial charge in [-0.05, 0) is 45.2 Å². The molecule has 1 N–H and O–H groups in total. The standard InChI is InChI=1S/C20H23N3O4S2/c1-6-13-11(4)16(20(26)27-7-2)18(29-13)22-14(24)8-23-9-21-17-15(19(23)25)10(3)12(5)28-17/h9H,6-8H2,1-5H3,(H,22,24). The Kier molecular flexibility index (Phi) is 6.18. The first-order chi connectivity index (χ1) is 13.8. The number of thiophene rings is 2. The Morgan fingerprint density at radius 3 is 2.55 bits per heavy atom. The fourth-order valence-corrected chi connectivity index (χ4v) is 5.28. The average molecular weight is 434 g/mol. The molecule has 0 saturated carbocycles. The normalized spacial score (nSPS) is 11.1. The molecule has 0 unspecified atom stereocenters. The molecule has 29 heavy (non-hydrogen) atoms. The van der Waals surface area contributed by atoms with Gasteiger partial charge in [-0.3, -0.25) is 14.2 Å². The number of anilines is 1. The summed E-state index contributed by atoms with van der Waals surface area (Å²) in [7, 11) is 0. The van der Waals surface area contributed by atoms with Gasteiger partial charge in [-0.1, -0.05) is 6.92 Å². The van der Waals surface area contributed by atoms with Gasteiger partial charge in [0.1, 0.15) is 16.4 Å². The summed E-state index contributed by atoms with van der Waals surface area (Å²) in [5.41, 5.74) is 1.85. The van der Waals surface area contributed by atoms with E-state index in [4.69, 9.17) is 4.74 Å². The number of hydrogen-bond donors (Lipinski definition) is 1. The Morgan fingerprint density at radius 1 is 1.17 bits per heavy atom. The van der Waals surface area contributed by atoms with Gasteiger partial charge >= 0.3 is 5.97 Å². The number of nitrogens with one attached hydrogen (secondary N) is 1. The molecule has 3 aromatic rings. The number of hydrogen-bond acceptors (Lipinski definition) is 7. The molecule has 0 spiro atoms. The molecule has 1 amide bonds. The Morgan fingerprint density at radius 2 is 1.90 bits per heavy atom. The Bertz CT molecular complexity index is 1160. The van der Waals surface area contributed by atoms with Crippen molar-refractivity contribution >= 4 is 49.8 Å². The van der Waals surface area contributed by atoms with E-state index in [-0.39, 0.29) is 18.7 Å². The van der Waals surface area contributed by atoms with Gasteiger partial charge in [0.25, 0.3) is 5.56 Å². The van der Waals surface area contributed by atoms with Crippen molar-refractivity contribution in [1.82, 2.24) is 9.55 Å². The van der Waals surface area contributed by atoms with Crippen LogP contribution in [-0.2, 0) is 22.5 Å². The molecule has 0 atom stereocenters. The number of rotatable bonds is 6. The second kappa shape index (κ2) is 8.46. The zero-order valence-corrected chi connectivity index (χ0v) is 18.7. The fourth-order valence-electron chi connectivity index (χ4n) is 3.14. The van der Waals surface area contributed by atoms with Gasteiger partial charge in [-0.15, -0.1) is 22.7 Å². The van der Waals surface area contributed by atoms with Crippen LogP contribution in [0.2, 0.25) is 0 Å². The Hall–Kier alpha value is -2.52. The average Bonchev–Trinajstić information content (AvgIpc) is 3.14. The molecule has 0 saturated heterocycles. The third-order valence-corrected chi connectivity index (χ3v) is 7.24. The maximum absolute atomic E-state index is 12.8. The Labute approximate surface area is 176 Å². The topological polar surface area (TPSA) is 90.3 Å². The molecule has 3 aromatic heterocycles. The predicted molar refractivity (Wildman–Crippen MR) is 116 cm³/mol. The summed E-state index contributed by atoms with van der Waals surface area (Å²) in [5, 5.41) is 3.79. The van der Waals surface area contributed by atoms with E-state index in [0.29, 0.717) is 20.8 Å². The molecular weight excluding hydrogens is 410 g/mol. The van der Waals surface area contributed by atoms with E-state index in [9.17, 15) is 14.4 Å². The number of aromatic nitrogens is 2. The molecule has 3 rings (SSSR count). The van der Waals surface area contributed by atoms with Crippen molar-refractivity contribution in [3.63, 3.8) is 0 Å². The van der Waals surface area contributed by atoms with Crippen molar-refractivity contribution in [3.8, 4) is 0 Å². The summed E-state index contributed by atoms with van der Waals surface area (Å²) in [4.78, 5) is 44.8. The van der Waals surface area contributed by atoms with Crippen molar-refractivity contribution in [3.05, 3.63) is 43.1 Å². The molecule has 0 aliphatic carbocycles. The van der Waals surface area contributed by atoms with Gasteiger partial charge in [0.05, 0.1) is 23.9 Å². The number of carbonyl (C=O) groups excluding carboxylic acids is 2. The van der Waals surface area contributed by atoms with Crippen LogP contribution in [0.5, 0.6) is 0 Å². The molecule has 9 heteroatoms. The first-order valence-electron chi connectivity index (χ1n) is 9.32. The minimum atomic E-state index is -0.458. The van der Waals surface area contributed by atoms with Crippen LogP contribution in [-0.4, -0.2) is 28.0 Å². The van der Waals surface area contributed by atoms with E-state index in [1.54, 1.807) is 6.92 Å². The maximum atomic E-state index is 12.8. The summed E-state index contributed by atoms with van der Waals surface area (Å²) < 4.78 is 6.44. The molecule has 0 radical (unpaired) electrons. The van der Waals surface area contributed by atoms with E-state index in [1.807, 2.05) is 27.7 Å². The second-order valence-electron chi connectivity index (χ2n) is 6.62. The van der Waals surface area contributed by atoms with Gasteiger partial charge in [0.15, 0.2) is 0 Å². The summed E-state index contributed by atoms with van der Waals surface area (Å²) in [6.45, 7) is 9.47. The first-order valence-corrected chi connectivity index (χ1v) is 11.0. The SMILES string of the molecule is CCOC(=O)c1c(NC(=O)Cn2cnc3sc(C)c(C)c3c2=O)sc(CC)c1C. The number of aryl methyl sites for hydroxylation is 3. The molecule has 0 aliphatic rings. The third kappa shape index (κ3) is 3.97. The summed E-state index contributed by atoms with van der Waals surface area (Å²) in [6.07, 6.45) is 2.14. The lowest BCUT2D eigenvalue weighted by molar-refractivity contribution is -0.116. The molecular formula is C20H23N3O4S2. The van der Waals surface area contributed by atoms with Crippen molar-refractivity contribution < 1.29 is 14.3 Å². The van der Waals surface area contributed by atoms with Crippen LogP contribution < -0.4 is 10.9 Å². The smallest absolute Gasteiger partial charge is 0.341 e. The number of fused-ring (bicyclic) bond motifs is 1. The molecule has 0 aliphatic heterocycles. The van der Waals surface area contributed by atoms with E-state index in [1.165, 1.54) is 33.6 Å². The van der Waals surface area contributed by atoms with Crippen LogP contribution in [0, 0.1) is 20.8 Å². The van der Waals surface area contributed by atoms with Crippen molar-refractivity contribution in [2.45, 2.75) is 47.6 Å². The molecule has 0 bridgehead atoms. The highest BCUT2D eigenvalue weighted by molar-refractivity contribution is 7.18. The zero-order valence-electron chi connectivity index (χ0n) is 17.0. The van der Waals surface area contributed by atoms with Gasteiger partial charge in [-0.2, -0.15) is 0 Å². The fraction of sp³-hybridized carbons (Fsp3) is 0.400. The van der Waals surface area contributed by atoms with Crippen LogP contribution in [0.4, 0.5) is 5.00 Å². The zero-order chi connectivity index (χ0) is 21.3. The first kappa shape index (κ1) is 21.2. The van der Waals surface area contributed by atoms with Crippen LogP contribution >= 0.6 is 22.7 Å². The molecule has 154 valence electrons. The highest BCUT2D eigenvalue weighted by Gasteiger charge is 2.23. The van der Waals surface area contributed by atoms with Crippen molar-refractivity contribution in [2.24, 2.45) is 0 Å². The third-order valence-electron chi connectivity index (χ3n) is 4.77. The second-order valence-corrected chi connectivity index (χ2v) is 8.93. The lowest BCUT2D eigenvalue weighted by Gasteiger charge is -2.08. The number of carbonyl (C=O) groups is 2. The Balaban J connectivity index is 1.89. The minimum absolute atomic E-state index is 0.184. The number of ether oxygens (including phenoxy) is 1. The molecule has 0 aromatic carbocycles. The van der Waals surface area contributed by atoms with Gasteiger partial charge in [0.2, 0.25) is 5.91 Å². The van der Waals surface area contributed by atoms with E-state index in [0.717, 1.165) is 27.3 Å². The van der Waals surface area contributed by atoms with Crippen LogP contribution in [0.25, 0.3) is 10.2 Å². The molecule has 7 nitrogen and oxygen atoms in total. The largest absolute Gasteiger partial charge is 0.462 e. The minimum Gasteiger partial charge on any atom is -0.462 e. The van der Waals surface area contributed by atoms with E-state index < -0.39 is 11.9 Å². The molecule has 3 heterocycles. The van der Waals surface area contributed by atoms with Gasteiger partial charge < -0.3 is 10.1 Å². The van der Waals surface area contributed by atoms with Crippen LogP contribution in [0.3, 0.4) is 0 Å². The number of esters is 1. The summed E-state index contributed by atoms with van der Waals surface area (Å²) in [5.74, 6) is -0.854. The summed E-state index contributed by atoms with van der Waals surface area (Å²) >= 11 is 2.82. The monoisotopic (exact) mass is 433 g/mol. The maximum Gasteiger partial charge on any atom is 0.341 e. The number of nitrogens with zero attached hydrogens (tertiary/aromatic N) is 2. The number of amides is 1. The van der Waals surface area contributed by atoms with Crippen molar-refractivity contribution in [2.75, 3.05) is 11.9 Å². The van der Waals surface area contributed by atoms with Crippen LogP contribution in [0.1, 0.15) is 45.1 Å². The van der Waals surface area contributed by atoms with E-state index in [2.05, 4.69) is 10.3 Å². The lowest BCUT2D eigenvalue weighted by Crippen LogP contribution is -2.28.